The third-order valence-corrected chi connectivity index (χ3v) is 4.06. The van der Waals surface area contributed by atoms with Gasteiger partial charge in [0.1, 0.15) is 0 Å². The third-order valence-electron chi connectivity index (χ3n) is 3.72. The number of benzene rings is 1. The molecule has 5 nitrogen and oxygen atoms in total. The summed E-state index contributed by atoms with van der Waals surface area (Å²) in [7, 11) is 0. The molecule has 0 aliphatic rings. The molecule has 1 aromatic carbocycles. The number of carbonyl (C=O) groups is 1. The zero-order valence-electron chi connectivity index (χ0n) is 14.1. The molecular formula is C17H26Cl2N2O3. The van der Waals surface area contributed by atoms with Gasteiger partial charge in [-0.1, -0.05) is 30.3 Å². The summed E-state index contributed by atoms with van der Waals surface area (Å²) in [5.41, 5.74) is 5.25. The van der Waals surface area contributed by atoms with Gasteiger partial charge in [-0.25, -0.2) is 4.79 Å². The third kappa shape index (κ3) is 5.33. The lowest BCUT2D eigenvalue weighted by Crippen LogP contribution is -2.58. The van der Waals surface area contributed by atoms with Gasteiger partial charge >= 0.3 is 5.97 Å². The first kappa shape index (κ1) is 21.2. The second-order valence-electron chi connectivity index (χ2n) is 5.86. The number of carboxylic acid groups (broad SMARTS) is 1. The van der Waals surface area contributed by atoms with Crippen LogP contribution < -0.4 is 5.73 Å². The Morgan fingerprint density at radius 3 is 2.21 bits per heavy atom. The molecule has 0 radical (unpaired) electrons. The molecule has 1 aromatic rings. The van der Waals surface area contributed by atoms with E-state index in [0.717, 1.165) is 0 Å². The van der Waals surface area contributed by atoms with E-state index in [1.54, 1.807) is 38.1 Å². The molecule has 0 heterocycles. The SMILES string of the molecule is CC(C)OC(C(=O)O)(c1ccccc1)[C@@H](N)CN(CCCl)CCCl. The summed E-state index contributed by atoms with van der Waals surface area (Å²) < 4.78 is 5.89. The number of rotatable bonds is 11. The number of nitrogens with two attached hydrogens (primary N) is 1. The maximum atomic E-state index is 12.2. The molecule has 136 valence electrons. The van der Waals surface area contributed by atoms with Gasteiger partial charge in [-0.2, -0.15) is 0 Å². The van der Waals surface area contributed by atoms with E-state index in [1.165, 1.54) is 0 Å². The zero-order valence-corrected chi connectivity index (χ0v) is 15.6. The van der Waals surface area contributed by atoms with Crippen molar-refractivity contribution in [2.75, 3.05) is 31.4 Å². The summed E-state index contributed by atoms with van der Waals surface area (Å²) >= 11 is 11.6. The Morgan fingerprint density at radius 2 is 1.79 bits per heavy atom. The van der Waals surface area contributed by atoms with Crippen LogP contribution in [0.25, 0.3) is 0 Å². The molecular weight excluding hydrogens is 351 g/mol. The standard InChI is InChI=1S/C17H26Cl2N2O3/c1-13(2)24-17(16(22)23,14-6-4-3-5-7-14)15(20)12-21(10-8-18)11-9-19/h3-7,13,15H,8-12,20H2,1-2H3,(H,22,23)/t15-,17?/m0/s1. The average molecular weight is 377 g/mol. The summed E-state index contributed by atoms with van der Waals surface area (Å²) in [6, 6.07) is 8.04. The molecule has 0 saturated carbocycles. The number of nitrogens with zero attached hydrogens (tertiary/aromatic N) is 1. The van der Waals surface area contributed by atoms with Gasteiger partial charge in [-0.15, -0.1) is 23.2 Å². The maximum Gasteiger partial charge on any atom is 0.342 e. The van der Waals surface area contributed by atoms with Crippen molar-refractivity contribution >= 4 is 29.2 Å². The van der Waals surface area contributed by atoms with Crippen LogP contribution in [0.5, 0.6) is 0 Å². The monoisotopic (exact) mass is 376 g/mol. The second kappa shape index (κ2) is 10.2. The van der Waals surface area contributed by atoms with Crippen LogP contribution in [0.4, 0.5) is 0 Å². The fourth-order valence-electron chi connectivity index (χ4n) is 2.70. The molecule has 7 heteroatoms. The zero-order chi connectivity index (χ0) is 18.2. The minimum Gasteiger partial charge on any atom is -0.479 e. The number of ether oxygens (including phenoxy) is 1. The highest BCUT2D eigenvalue weighted by Gasteiger charge is 2.48. The van der Waals surface area contributed by atoms with Crippen molar-refractivity contribution in [3.8, 4) is 0 Å². The molecule has 0 saturated heterocycles. The summed E-state index contributed by atoms with van der Waals surface area (Å²) in [6.45, 7) is 5.06. The van der Waals surface area contributed by atoms with Gasteiger partial charge in [-0.3, -0.25) is 4.90 Å². The number of hydrogen-bond acceptors (Lipinski definition) is 4. The molecule has 24 heavy (non-hydrogen) atoms. The van der Waals surface area contributed by atoms with Crippen LogP contribution in [0, 0.1) is 0 Å². The lowest BCUT2D eigenvalue weighted by Gasteiger charge is -2.39. The Balaban J connectivity index is 3.22. The number of halogens is 2. The first-order valence-corrected chi connectivity index (χ1v) is 9.02. The Morgan fingerprint density at radius 1 is 1.25 bits per heavy atom. The van der Waals surface area contributed by atoms with Gasteiger partial charge in [0.05, 0.1) is 12.1 Å². The summed E-state index contributed by atoms with van der Waals surface area (Å²) in [5, 5.41) is 9.99. The van der Waals surface area contributed by atoms with Crippen LogP contribution in [0.1, 0.15) is 19.4 Å². The van der Waals surface area contributed by atoms with E-state index < -0.39 is 17.6 Å². The smallest absolute Gasteiger partial charge is 0.342 e. The predicted molar refractivity (Wildman–Crippen MR) is 97.8 cm³/mol. The van der Waals surface area contributed by atoms with Crippen molar-refractivity contribution in [1.29, 1.82) is 0 Å². The highest BCUT2D eigenvalue weighted by Crippen LogP contribution is 2.31. The van der Waals surface area contributed by atoms with E-state index in [9.17, 15) is 9.90 Å². The molecule has 0 aromatic heterocycles. The number of alkyl halides is 2. The normalized spacial score (nSPS) is 15.5. The fourth-order valence-corrected chi connectivity index (χ4v) is 3.18. The van der Waals surface area contributed by atoms with Gasteiger partial charge in [0.25, 0.3) is 0 Å². The van der Waals surface area contributed by atoms with Crippen LogP contribution in [0.3, 0.4) is 0 Å². The fraction of sp³-hybridized carbons (Fsp3) is 0.588. The summed E-state index contributed by atoms with van der Waals surface area (Å²) in [5.74, 6) is -0.272. The van der Waals surface area contributed by atoms with Crippen LogP contribution in [0.15, 0.2) is 30.3 Å². The largest absolute Gasteiger partial charge is 0.479 e. The van der Waals surface area contributed by atoms with E-state index in [-0.39, 0.29) is 6.10 Å². The lowest BCUT2D eigenvalue weighted by molar-refractivity contribution is -0.179. The van der Waals surface area contributed by atoms with E-state index >= 15 is 0 Å². The molecule has 0 spiro atoms. The number of hydrogen-bond donors (Lipinski definition) is 2. The van der Waals surface area contributed by atoms with Gasteiger partial charge < -0.3 is 15.6 Å². The molecule has 0 fully saturated rings. The van der Waals surface area contributed by atoms with Crippen LogP contribution in [0.2, 0.25) is 0 Å². The van der Waals surface area contributed by atoms with E-state index in [2.05, 4.69) is 0 Å². The molecule has 2 atom stereocenters. The quantitative estimate of drug-likeness (QED) is 0.580. The highest BCUT2D eigenvalue weighted by atomic mass is 35.5. The topological polar surface area (TPSA) is 75.8 Å². The average Bonchev–Trinajstić information content (AvgIpc) is 2.53. The van der Waals surface area contributed by atoms with Crippen molar-refractivity contribution in [2.24, 2.45) is 5.73 Å². The molecule has 0 bridgehead atoms. The minimum atomic E-state index is -1.63. The van der Waals surface area contributed by atoms with Gasteiger partial charge in [-0.05, 0) is 19.4 Å². The molecule has 1 unspecified atom stereocenters. The van der Waals surface area contributed by atoms with Crippen molar-refractivity contribution in [3.63, 3.8) is 0 Å². The number of aliphatic carboxylic acids is 1. The first-order valence-electron chi connectivity index (χ1n) is 7.95. The Kier molecular flexibility index (Phi) is 9.02. The summed E-state index contributed by atoms with van der Waals surface area (Å²) in [6.07, 6.45) is -0.304. The van der Waals surface area contributed by atoms with E-state index in [4.69, 9.17) is 33.7 Å². The van der Waals surface area contributed by atoms with Gasteiger partial charge in [0.15, 0.2) is 0 Å². The first-order chi connectivity index (χ1) is 11.4. The van der Waals surface area contributed by atoms with Crippen molar-refractivity contribution in [3.05, 3.63) is 35.9 Å². The Hall–Kier alpha value is -0.850. The van der Waals surface area contributed by atoms with E-state index in [0.29, 0.717) is 37.0 Å². The number of carboxylic acids is 1. The van der Waals surface area contributed by atoms with Crippen LogP contribution >= 0.6 is 23.2 Å². The summed E-state index contributed by atoms with van der Waals surface area (Å²) in [4.78, 5) is 14.2. The van der Waals surface area contributed by atoms with Crippen LogP contribution in [-0.4, -0.2) is 59.5 Å². The maximum absolute atomic E-state index is 12.2. The molecule has 1 rings (SSSR count). The Bertz CT molecular complexity index is 496. The van der Waals surface area contributed by atoms with E-state index in [1.807, 2.05) is 11.0 Å². The molecule has 0 amide bonds. The predicted octanol–water partition coefficient (Wildman–Crippen LogP) is 2.50. The highest BCUT2D eigenvalue weighted by molar-refractivity contribution is 6.18. The van der Waals surface area contributed by atoms with Crippen molar-refractivity contribution < 1.29 is 14.6 Å². The molecule has 0 aliphatic carbocycles. The van der Waals surface area contributed by atoms with Gasteiger partial charge in [0.2, 0.25) is 5.60 Å². The second-order valence-corrected chi connectivity index (χ2v) is 6.61. The van der Waals surface area contributed by atoms with Gasteiger partial charge in [0, 0.05) is 31.4 Å². The molecule has 3 N–H and O–H groups in total. The van der Waals surface area contributed by atoms with Crippen molar-refractivity contribution in [1.82, 2.24) is 4.90 Å². The van der Waals surface area contributed by atoms with Crippen molar-refractivity contribution in [2.45, 2.75) is 31.6 Å². The minimum absolute atomic E-state index is 0.304. The Labute approximate surface area is 153 Å². The molecule has 0 aliphatic heterocycles. The lowest BCUT2D eigenvalue weighted by atomic mass is 9.85. The van der Waals surface area contributed by atoms with Crippen LogP contribution in [-0.2, 0) is 15.1 Å².